The summed E-state index contributed by atoms with van der Waals surface area (Å²) in [6.45, 7) is 0. The van der Waals surface area contributed by atoms with Crippen LogP contribution in [-0.4, -0.2) is 14.5 Å². The van der Waals surface area contributed by atoms with Gasteiger partial charge in [-0.25, -0.2) is 9.97 Å². The Kier molecular flexibility index (Phi) is 7.32. The standard InChI is InChI=1S/C61H37N3/c1-3-14-43(15-4-1)61(44-16-5-2-6-17-44)53-23-11-9-19-47(53)51-36-40(29-32-54(51)61)41-30-33-57-52(37-41)48-20-10-12-25-56(48)64(57)45-31-28-38-34-42(27-26-39(38)35-45)60-62-55-24-13-22-49-46-18-7-8-21-50(46)59(63-60)58(49)55/h1-37H. The smallest absolute Gasteiger partial charge is 0.160 e. The zero-order chi connectivity index (χ0) is 41.9. The van der Waals surface area contributed by atoms with E-state index in [1.54, 1.807) is 0 Å². The molecule has 296 valence electrons. The summed E-state index contributed by atoms with van der Waals surface area (Å²) in [5.74, 6) is 0.750. The third kappa shape index (κ3) is 4.86. The number of hydrogen-bond acceptors (Lipinski definition) is 2. The number of rotatable bonds is 5. The predicted octanol–water partition coefficient (Wildman–Crippen LogP) is 15.2. The van der Waals surface area contributed by atoms with Crippen molar-refractivity contribution in [3.63, 3.8) is 0 Å². The molecular weight excluding hydrogens is 775 g/mol. The Bertz CT molecular complexity index is 3860. The molecule has 14 rings (SSSR count). The number of hydrogen-bond donors (Lipinski definition) is 0. The van der Waals surface area contributed by atoms with Gasteiger partial charge in [0.05, 0.1) is 27.7 Å². The van der Waals surface area contributed by atoms with E-state index in [4.69, 9.17) is 9.97 Å². The maximum Gasteiger partial charge on any atom is 0.160 e. The van der Waals surface area contributed by atoms with E-state index in [0.717, 1.165) is 39.1 Å². The Morgan fingerprint density at radius 3 is 1.83 bits per heavy atom. The van der Waals surface area contributed by atoms with Crippen molar-refractivity contribution in [2.45, 2.75) is 5.41 Å². The highest BCUT2D eigenvalue weighted by atomic mass is 15.0. The molecule has 0 radical (unpaired) electrons. The molecule has 0 saturated carbocycles. The van der Waals surface area contributed by atoms with Crippen LogP contribution in [0.5, 0.6) is 0 Å². The second-order valence-corrected chi connectivity index (χ2v) is 17.3. The molecule has 0 saturated heterocycles. The summed E-state index contributed by atoms with van der Waals surface area (Å²) < 4.78 is 2.41. The number of fused-ring (bicyclic) bond motifs is 10. The number of benzene rings is 10. The van der Waals surface area contributed by atoms with Gasteiger partial charge in [-0.15, -0.1) is 0 Å². The molecule has 0 fully saturated rings. The van der Waals surface area contributed by atoms with Gasteiger partial charge in [-0.1, -0.05) is 176 Å². The molecule has 0 aliphatic heterocycles. The zero-order valence-corrected chi connectivity index (χ0v) is 34.7. The van der Waals surface area contributed by atoms with Crippen molar-refractivity contribution in [3.05, 3.63) is 247 Å². The van der Waals surface area contributed by atoms with Gasteiger partial charge in [0.15, 0.2) is 5.82 Å². The van der Waals surface area contributed by atoms with E-state index in [0.29, 0.717) is 0 Å². The molecule has 0 unspecified atom stereocenters. The van der Waals surface area contributed by atoms with Gasteiger partial charge in [0.25, 0.3) is 0 Å². The van der Waals surface area contributed by atoms with Crippen LogP contribution in [-0.2, 0) is 5.41 Å². The second-order valence-electron chi connectivity index (χ2n) is 17.3. The van der Waals surface area contributed by atoms with Crippen molar-refractivity contribution in [2.24, 2.45) is 0 Å². The van der Waals surface area contributed by atoms with E-state index >= 15 is 0 Å². The molecule has 12 aromatic rings. The minimum atomic E-state index is -0.413. The summed E-state index contributed by atoms with van der Waals surface area (Å²) >= 11 is 0. The average Bonchev–Trinajstić information content (AvgIpc) is 3.99. The molecule has 64 heavy (non-hydrogen) atoms. The summed E-state index contributed by atoms with van der Waals surface area (Å²) in [6, 6.07) is 82.3. The fourth-order valence-electron chi connectivity index (χ4n) is 11.2. The lowest BCUT2D eigenvalue weighted by Crippen LogP contribution is -2.28. The molecule has 0 spiro atoms. The van der Waals surface area contributed by atoms with Crippen LogP contribution in [0.15, 0.2) is 224 Å². The van der Waals surface area contributed by atoms with E-state index in [2.05, 4.69) is 229 Å². The minimum absolute atomic E-state index is 0.413. The van der Waals surface area contributed by atoms with Crippen molar-refractivity contribution in [1.29, 1.82) is 0 Å². The summed E-state index contributed by atoms with van der Waals surface area (Å²) in [6.07, 6.45) is 0. The van der Waals surface area contributed by atoms with E-state index in [9.17, 15) is 0 Å². The summed E-state index contributed by atoms with van der Waals surface area (Å²) in [4.78, 5) is 10.3. The first-order valence-corrected chi connectivity index (χ1v) is 22.1. The quantitative estimate of drug-likeness (QED) is 0.173. The molecule has 0 atom stereocenters. The fraction of sp³-hybridized carbons (Fsp3) is 0.0164. The largest absolute Gasteiger partial charge is 0.309 e. The lowest BCUT2D eigenvalue weighted by atomic mass is 9.67. The molecule has 0 amide bonds. The van der Waals surface area contributed by atoms with Crippen LogP contribution < -0.4 is 0 Å². The Balaban J connectivity index is 0.872. The highest BCUT2D eigenvalue weighted by molar-refractivity contribution is 6.14. The van der Waals surface area contributed by atoms with E-state index in [1.807, 2.05) is 0 Å². The predicted molar refractivity (Wildman–Crippen MR) is 264 cm³/mol. The van der Waals surface area contributed by atoms with Crippen molar-refractivity contribution >= 4 is 43.5 Å². The molecule has 2 aliphatic carbocycles. The maximum atomic E-state index is 5.19. The summed E-state index contributed by atoms with van der Waals surface area (Å²) in [7, 11) is 0. The highest BCUT2D eigenvalue weighted by Crippen LogP contribution is 2.57. The van der Waals surface area contributed by atoms with Crippen molar-refractivity contribution in [3.8, 4) is 61.7 Å². The molecule has 0 bridgehead atoms. The molecule has 2 aliphatic rings. The topological polar surface area (TPSA) is 30.7 Å². The first-order valence-electron chi connectivity index (χ1n) is 22.1. The SMILES string of the molecule is c1ccc(C2(c3ccccc3)c3ccccc3-c3cc(-c4ccc5c(c4)c4ccccc4n5-c4ccc5cc(-c6nc7c8c(cccc8n6)-c6ccccc6-7)ccc5c4)ccc32)cc1. The molecule has 3 nitrogen and oxygen atoms in total. The number of aromatic nitrogens is 3. The molecule has 10 aromatic carbocycles. The minimum Gasteiger partial charge on any atom is -0.309 e. The van der Waals surface area contributed by atoms with E-state index in [-0.39, 0.29) is 0 Å². The van der Waals surface area contributed by atoms with Crippen LogP contribution in [0.3, 0.4) is 0 Å². The first-order chi connectivity index (χ1) is 31.7. The van der Waals surface area contributed by atoms with Gasteiger partial charge < -0.3 is 4.57 Å². The Morgan fingerprint density at radius 1 is 0.359 bits per heavy atom. The third-order valence-corrected chi connectivity index (χ3v) is 14.0. The van der Waals surface area contributed by atoms with Gasteiger partial charge in [-0.2, -0.15) is 0 Å². The maximum absolute atomic E-state index is 5.19. The van der Waals surface area contributed by atoms with Gasteiger partial charge in [0.2, 0.25) is 0 Å². The van der Waals surface area contributed by atoms with Crippen LogP contribution in [0.2, 0.25) is 0 Å². The molecular formula is C61H37N3. The monoisotopic (exact) mass is 811 g/mol. The van der Waals surface area contributed by atoms with Gasteiger partial charge in [0.1, 0.15) is 0 Å². The van der Waals surface area contributed by atoms with Crippen molar-refractivity contribution in [2.75, 3.05) is 0 Å². The molecule has 2 heterocycles. The lowest BCUT2D eigenvalue weighted by molar-refractivity contribution is 0.768. The Labute approximate surface area is 370 Å². The van der Waals surface area contributed by atoms with E-state index < -0.39 is 5.41 Å². The average molecular weight is 812 g/mol. The normalized spacial score (nSPS) is 13.1. The second kappa shape index (κ2) is 13.3. The van der Waals surface area contributed by atoms with Gasteiger partial charge in [0, 0.05) is 33.0 Å². The number of para-hydroxylation sites is 1. The van der Waals surface area contributed by atoms with Crippen LogP contribution in [0, 0.1) is 0 Å². The fourth-order valence-corrected chi connectivity index (χ4v) is 11.2. The molecule has 0 N–H and O–H groups in total. The van der Waals surface area contributed by atoms with Crippen LogP contribution in [0.4, 0.5) is 0 Å². The van der Waals surface area contributed by atoms with Gasteiger partial charge in [-0.05, 0) is 115 Å². The highest BCUT2D eigenvalue weighted by Gasteiger charge is 2.46. The van der Waals surface area contributed by atoms with Crippen molar-refractivity contribution < 1.29 is 0 Å². The molecule has 3 heteroatoms. The van der Waals surface area contributed by atoms with Gasteiger partial charge in [-0.3, -0.25) is 0 Å². The van der Waals surface area contributed by atoms with Crippen molar-refractivity contribution in [1.82, 2.24) is 14.5 Å². The first kappa shape index (κ1) is 35.2. The third-order valence-electron chi connectivity index (χ3n) is 14.0. The van der Waals surface area contributed by atoms with E-state index in [1.165, 1.54) is 88.4 Å². The van der Waals surface area contributed by atoms with Crippen LogP contribution in [0.1, 0.15) is 22.3 Å². The van der Waals surface area contributed by atoms with Crippen LogP contribution in [0.25, 0.3) is 105 Å². The Hall–Kier alpha value is -8.40. The van der Waals surface area contributed by atoms with Gasteiger partial charge >= 0.3 is 0 Å². The Morgan fingerprint density at radius 2 is 0.984 bits per heavy atom. The van der Waals surface area contributed by atoms with Crippen LogP contribution >= 0.6 is 0 Å². The molecule has 2 aromatic heterocycles. The number of nitrogens with zero attached hydrogens (tertiary/aromatic N) is 3. The summed E-state index contributed by atoms with van der Waals surface area (Å²) in [5.41, 5.74) is 19.9. The summed E-state index contributed by atoms with van der Waals surface area (Å²) in [5, 5.41) is 5.93. The zero-order valence-electron chi connectivity index (χ0n) is 34.7. The lowest BCUT2D eigenvalue weighted by Gasteiger charge is -2.33.